The van der Waals surface area contributed by atoms with Crippen LogP contribution in [-0.2, 0) is 4.74 Å². The molecule has 1 aromatic rings. The van der Waals surface area contributed by atoms with Gasteiger partial charge in [-0.15, -0.1) is 0 Å². The maximum absolute atomic E-state index is 6.18. The van der Waals surface area contributed by atoms with Crippen LogP contribution in [-0.4, -0.2) is 32.4 Å². The first-order valence-corrected chi connectivity index (χ1v) is 7.28. The van der Waals surface area contributed by atoms with E-state index in [1.807, 2.05) is 25.1 Å². The number of ether oxygens (including phenoxy) is 2. The Balaban J connectivity index is 1.93. The molecule has 4 heteroatoms. The maximum atomic E-state index is 6.18. The summed E-state index contributed by atoms with van der Waals surface area (Å²) in [7, 11) is 0. The Morgan fingerprint density at radius 1 is 1.53 bits per heavy atom. The van der Waals surface area contributed by atoms with Crippen molar-refractivity contribution in [2.24, 2.45) is 5.92 Å². The highest BCUT2D eigenvalue weighted by molar-refractivity contribution is 6.32. The highest BCUT2D eigenvalue weighted by atomic mass is 35.5. The van der Waals surface area contributed by atoms with Gasteiger partial charge in [-0.2, -0.15) is 0 Å². The molecule has 0 amide bonds. The fraction of sp³-hybridized carbons (Fsp3) is 0.600. The van der Waals surface area contributed by atoms with Gasteiger partial charge in [0.2, 0.25) is 0 Å². The summed E-state index contributed by atoms with van der Waals surface area (Å²) in [5.74, 6) is 1.29. The quantitative estimate of drug-likeness (QED) is 0.870. The van der Waals surface area contributed by atoms with E-state index in [1.54, 1.807) is 0 Å². The van der Waals surface area contributed by atoms with Crippen molar-refractivity contribution in [2.45, 2.75) is 26.3 Å². The molecule has 19 heavy (non-hydrogen) atoms. The average molecular weight is 284 g/mol. The zero-order chi connectivity index (χ0) is 13.7. The van der Waals surface area contributed by atoms with Crippen LogP contribution < -0.4 is 10.1 Å². The van der Waals surface area contributed by atoms with E-state index in [9.17, 15) is 0 Å². The van der Waals surface area contributed by atoms with Gasteiger partial charge in [-0.25, -0.2) is 0 Å². The lowest BCUT2D eigenvalue weighted by atomic mass is 10.00. The Morgan fingerprint density at radius 2 is 2.37 bits per heavy atom. The molecule has 106 valence electrons. The van der Waals surface area contributed by atoms with Gasteiger partial charge in [0.15, 0.2) is 0 Å². The monoisotopic (exact) mass is 283 g/mol. The lowest BCUT2D eigenvalue weighted by Gasteiger charge is -2.23. The molecule has 2 atom stereocenters. The highest BCUT2D eigenvalue weighted by Crippen LogP contribution is 2.26. The van der Waals surface area contributed by atoms with E-state index in [2.05, 4.69) is 12.2 Å². The Kier molecular flexibility index (Phi) is 5.49. The first kappa shape index (κ1) is 14.6. The largest absolute Gasteiger partial charge is 0.490 e. The van der Waals surface area contributed by atoms with Gasteiger partial charge in [0, 0.05) is 18.6 Å². The van der Waals surface area contributed by atoms with Crippen LogP contribution in [0.25, 0.3) is 0 Å². The van der Waals surface area contributed by atoms with Crippen molar-refractivity contribution in [2.75, 3.05) is 26.4 Å². The Labute approximate surface area is 120 Å². The SMILES string of the molecule is CCNC(COc1ccc(C)cc1Cl)C1CCOC1. The predicted molar refractivity (Wildman–Crippen MR) is 78.1 cm³/mol. The highest BCUT2D eigenvalue weighted by Gasteiger charge is 2.25. The molecule has 1 heterocycles. The lowest BCUT2D eigenvalue weighted by Crippen LogP contribution is -2.41. The summed E-state index contributed by atoms with van der Waals surface area (Å²) in [4.78, 5) is 0. The summed E-state index contributed by atoms with van der Waals surface area (Å²) in [5, 5.41) is 4.16. The van der Waals surface area contributed by atoms with E-state index < -0.39 is 0 Å². The van der Waals surface area contributed by atoms with Crippen LogP contribution in [0, 0.1) is 12.8 Å². The van der Waals surface area contributed by atoms with Crippen LogP contribution in [0.15, 0.2) is 18.2 Å². The molecule has 2 rings (SSSR count). The maximum Gasteiger partial charge on any atom is 0.137 e. The molecular weight excluding hydrogens is 262 g/mol. The average Bonchev–Trinajstić information content (AvgIpc) is 2.90. The first-order valence-electron chi connectivity index (χ1n) is 6.90. The summed E-state index contributed by atoms with van der Waals surface area (Å²) >= 11 is 6.18. The van der Waals surface area contributed by atoms with Crippen molar-refractivity contribution >= 4 is 11.6 Å². The van der Waals surface area contributed by atoms with Gasteiger partial charge in [0.25, 0.3) is 0 Å². The number of rotatable bonds is 6. The molecule has 1 fully saturated rings. The minimum atomic E-state index is 0.324. The van der Waals surface area contributed by atoms with Crippen molar-refractivity contribution < 1.29 is 9.47 Å². The molecule has 1 aliphatic heterocycles. The van der Waals surface area contributed by atoms with Crippen molar-refractivity contribution in [1.29, 1.82) is 0 Å². The van der Waals surface area contributed by atoms with Gasteiger partial charge in [-0.1, -0.05) is 24.6 Å². The predicted octanol–water partition coefficient (Wildman–Crippen LogP) is 3.04. The summed E-state index contributed by atoms with van der Waals surface area (Å²) in [6.45, 7) is 7.38. The minimum absolute atomic E-state index is 0.324. The van der Waals surface area contributed by atoms with Gasteiger partial charge in [0.05, 0.1) is 11.6 Å². The van der Waals surface area contributed by atoms with E-state index in [1.165, 1.54) is 0 Å². The second kappa shape index (κ2) is 7.13. The fourth-order valence-corrected chi connectivity index (χ4v) is 2.69. The molecule has 0 radical (unpaired) electrons. The number of hydrogen-bond acceptors (Lipinski definition) is 3. The summed E-state index contributed by atoms with van der Waals surface area (Å²) in [6.07, 6.45) is 1.10. The van der Waals surface area contributed by atoms with E-state index in [-0.39, 0.29) is 0 Å². The standard InChI is InChI=1S/C15H22ClNO2/c1-3-17-14(12-6-7-18-9-12)10-19-15-5-4-11(2)8-13(15)16/h4-5,8,12,14,17H,3,6-7,9-10H2,1-2H3. The molecule has 0 saturated carbocycles. The van der Waals surface area contributed by atoms with Gasteiger partial charge in [-0.05, 0) is 37.6 Å². The van der Waals surface area contributed by atoms with Gasteiger partial charge >= 0.3 is 0 Å². The Hall–Kier alpha value is -0.770. The second-order valence-corrected chi connectivity index (χ2v) is 5.44. The van der Waals surface area contributed by atoms with E-state index in [4.69, 9.17) is 21.1 Å². The molecule has 1 aromatic carbocycles. The van der Waals surface area contributed by atoms with Crippen molar-refractivity contribution in [3.05, 3.63) is 28.8 Å². The zero-order valence-corrected chi connectivity index (χ0v) is 12.4. The van der Waals surface area contributed by atoms with E-state index in [0.717, 1.165) is 37.5 Å². The number of likely N-dealkylation sites (N-methyl/N-ethyl adjacent to an activating group) is 1. The minimum Gasteiger partial charge on any atom is -0.490 e. The Morgan fingerprint density at radius 3 is 3.00 bits per heavy atom. The number of hydrogen-bond donors (Lipinski definition) is 1. The smallest absolute Gasteiger partial charge is 0.137 e. The van der Waals surface area contributed by atoms with Gasteiger partial charge in [-0.3, -0.25) is 0 Å². The van der Waals surface area contributed by atoms with Crippen LogP contribution in [0.4, 0.5) is 0 Å². The molecular formula is C15H22ClNO2. The third-order valence-corrected chi connectivity index (χ3v) is 3.80. The topological polar surface area (TPSA) is 30.5 Å². The van der Waals surface area contributed by atoms with Crippen LogP contribution in [0.3, 0.4) is 0 Å². The lowest BCUT2D eigenvalue weighted by molar-refractivity contribution is 0.161. The molecule has 0 aromatic heterocycles. The summed E-state index contributed by atoms with van der Waals surface area (Å²) in [5.41, 5.74) is 1.14. The number of halogens is 1. The normalized spacial score (nSPS) is 20.5. The number of nitrogens with one attached hydrogen (secondary N) is 1. The molecule has 2 unspecified atom stereocenters. The van der Waals surface area contributed by atoms with Gasteiger partial charge < -0.3 is 14.8 Å². The van der Waals surface area contributed by atoms with Crippen molar-refractivity contribution in [3.63, 3.8) is 0 Å². The third kappa shape index (κ3) is 4.10. The summed E-state index contributed by atoms with van der Waals surface area (Å²) < 4.78 is 11.3. The molecule has 0 aliphatic carbocycles. The Bertz CT molecular complexity index is 405. The van der Waals surface area contributed by atoms with Gasteiger partial charge in [0.1, 0.15) is 12.4 Å². The van der Waals surface area contributed by atoms with Crippen molar-refractivity contribution in [3.8, 4) is 5.75 Å². The molecule has 1 saturated heterocycles. The molecule has 0 bridgehead atoms. The van der Waals surface area contributed by atoms with Crippen LogP contribution in [0.1, 0.15) is 18.9 Å². The first-order chi connectivity index (χ1) is 9.20. The number of aryl methyl sites for hydroxylation is 1. The number of benzene rings is 1. The molecule has 1 N–H and O–H groups in total. The van der Waals surface area contributed by atoms with Crippen LogP contribution in [0.2, 0.25) is 5.02 Å². The van der Waals surface area contributed by atoms with E-state index >= 15 is 0 Å². The summed E-state index contributed by atoms with van der Waals surface area (Å²) in [6, 6.07) is 6.20. The third-order valence-electron chi connectivity index (χ3n) is 3.51. The fourth-order valence-electron chi connectivity index (χ4n) is 2.40. The zero-order valence-electron chi connectivity index (χ0n) is 11.6. The molecule has 3 nitrogen and oxygen atoms in total. The van der Waals surface area contributed by atoms with Crippen LogP contribution >= 0.6 is 11.6 Å². The van der Waals surface area contributed by atoms with Crippen LogP contribution in [0.5, 0.6) is 5.75 Å². The van der Waals surface area contributed by atoms with E-state index in [0.29, 0.717) is 23.6 Å². The molecule has 0 spiro atoms. The molecule has 1 aliphatic rings. The van der Waals surface area contributed by atoms with Crippen molar-refractivity contribution in [1.82, 2.24) is 5.32 Å². The second-order valence-electron chi connectivity index (χ2n) is 5.03.